The Balaban J connectivity index is 0.000000236. The van der Waals surface area contributed by atoms with E-state index >= 15 is 0 Å². The van der Waals surface area contributed by atoms with E-state index in [9.17, 15) is 0 Å². The fraction of sp³-hybridized carbons (Fsp3) is 0.250. The zero-order chi connectivity index (χ0) is 26.1. The molecule has 6 aromatic rings. The molecule has 0 radical (unpaired) electrons. The van der Waals surface area contributed by atoms with E-state index in [0.29, 0.717) is 0 Å². The third-order valence-corrected chi connectivity index (χ3v) is 7.08. The SMILES string of the molecule is CC(C)(C)c1cc(-c2nc(-c3[n-]nc4c3CCCC4)cc3ccccc23)[n-]n1.[Pt+2].c1ccc2cnccc2c1. The van der Waals surface area contributed by atoms with Gasteiger partial charge in [0.1, 0.15) is 0 Å². The molecule has 0 bridgehead atoms. The largest absolute Gasteiger partial charge is 2.00 e. The van der Waals surface area contributed by atoms with Gasteiger partial charge in [-0.3, -0.25) is 9.97 Å². The number of fused-ring (bicyclic) bond motifs is 3. The Hall–Kier alpha value is -3.63. The van der Waals surface area contributed by atoms with Crippen molar-refractivity contribution in [1.82, 2.24) is 30.4 Å². The van der Waals surface area contributed by atoms with Crippen LogP contribution >= 0.6 is 0 Å². The summed E-state index contributed by atoms with van der Waals surface area (Å²) in [4.78, 5) is 9.02. The number of pyridine rings is 2. The second kappa shape index (κ2) is 11.2. The third kappa shape index (κ3) is 5.57. The van der Waals surface area contributed by atoms with Crippen molar-refractivity contribution in [2.45, 2.75) is 51.9 Å². The standard InChI is InChI=1S/C23H23N5.C9H7N.Pt/c1-23(2,3)20-13-19(26-27-20)21-15-9-5-4-8-14(15)12-18(24-21)22-16-10-6-7-11-17(16)25-28-22;1-2-4-9-7-10-6-5-8(9)3-1;/h4-5,8-9,12-13H,6-7,10-11H2,1-3H3;1-7H;/q-2;;+2. The molecule has 0 atom stereocenters. The Labute approximate surface area is 243 Å². The van der Waals surface area contributed by atoms with E-state index in [-0.39, 0.29) is 26.5 Å². The number of benzene rings is 2. The molecular weight excluding hydrogens is 663 g/mol. The van der Waals surface area contributed by atoms with Gasteiger partial charge in [-0.15, -0.1) is 0 Å². The summed E-state index contributed by atoms with van der Waals surface area (Å²) in [6.07, 6.45) is 8.12. The summed E-state index contributed by atoms with van der Waals surface area (Å²) in [5.74, 6) is 0. The van der Waals surface area contributed by atoms with E-state index in [1.54, 1.807) is 0 Å². The molecule has 7 rings (SSSR count). The molecule has 6 nitrogen and oxygen atoms in total. The number of rotatable bonds is 2. The van der Waals surface area contributed by atoms with Crippen molar-refractivity contribution in [3.63, 3.8) is 0 Å². The van der Waals surface area contributed by atoms with Gasteiger partial charge in [0.2, 0.25) is 0 Å². The Morgan fingerprint density at radius 3 is 2.28 bits per heavy atom. The molecule has 0 N–H and O–H groups in total. The maximum absolute atomic E-state index is 5.01. The van der Waals surface area contributed by atoms with Crippen LogP contribution in [0.2, 0.25) is 0 Å². The van der Waals surface area contributed by atoms with Crippen LogP contribution in [0.5, 0.6) is 0 Å². The summed E-state index contributed by atoms with van der Waals surface area (Å²) in [5, 5.41) is 22.5. The van der Waals surface area contributed by atoms with Crippen molar-refractivity contribution < 1.29 is 21.1 Å². The molecule has 0 unspecified atom stereocenters. The molecule has 1 aliphatic rings. The predicted octanol–water partition coefficient (Wildman–Crippen LogP) is 6.68. The molecule has 0 fully saturated rings. The minimum atomic E-state index is -0.0467. The molecular formula is C32H30N6Pt. The summed E-state index contributed by atoms with van der Waals surface area (Å²) in [5.41, 5.74) is 6.82. The van der Waals surface area contributed by atoms with Crippen molar-refractivity contribution in [2.75, 3.05) is 0 Å². The van der Waals surface area contributed by atoms with Gasteiger partial charge in [-0.05, 0) is 59.5 Å². The van der Waals surface area contributed by atoms with Crippen LogP contribution in [0.15, 0.2) is 79.1 Å². The van der Waals surface area contributed by atoms with Gasteiger partial charge in [0.05, 0.1) is 11.4 Å². The fourth-order valence-electron chi connectivity index (χ4n) is 4.95. The molecule has 7 heteroatoms. The summed E-state index contributed by atoms with van der Waals surface area (Å²) in [6, 6.07) is 22.7. The molecule has 0 saturated carbocycles. The van der Waals surface area contributed by atoms with Crippen molar-refractivity contribution in [3.05, 3.63) is 96.1 Å². The number of hydrogen-bond donors (Lipinski definition) is 0. The first kappa shape index (κ1) is 27.0. The number of aryl methyl sites for hydroxylation is 1. The molecule has 0 amide bonds. The first-order chi connectivity index (χ1) is 18.5. The van der Waals surface area contributed by atoms with E-state index in [0.717, 1.165) is 57.8 Å². The van der Waals surface area contributed by atoms with E-state index < -0.39 is 0 Å². The van der Waals surface area contributed by atoms with Gasteiger partial charge < -0.3 is 20.4 Å². The molecule has 39 heavy (non-hydrogen) atoms. The molecule has 0 saturated heterocycles. The Bertz CT molecular complexity index is 1660. The Morgan fingerprint density at radius 2 is 1.51 bits per heavy atom. The smallest absolute Gasteiger partial charge is 0.573 e. The van der Waals surface area contributed by atoms with Gasteiger partial charge >= 0.3 is 21.1 Å². The molecule has 4 heterocycles. The van der Waals surface area contributed by atoms with E-state index in [1.807, 2.05) is 36.7 Å². The summed E-state index contributed by atoms with van der Waals surface area (Å²) < 4.78 is 0. The summed E-state index contributed by atoms with van der Waals surface area (Å²) in [7, 11) is 0. The first-order valence-corrected chi connectivity index (χ1v) is 13.2. The molecule has 198 valence electrons. The van der Waals surface area contributed by atoms with Gasteiger partial charge in [-0.1, -0.05) is 86.8 Å². The fourth-order valence-corrected chi connectivity index (χ4v) is 4.95. The second-order valence-corrected chi connectivity index (χ2v) is 10.8. The number of nitrogens with zero attached hydrogens (tertiary/aromatic N) is 6. The Morgan fingerprint density at radius 1 is 0.769 bits per heavy atom. The predicted molar refractivity (Wildman–Crippen MR) is 152 cm³/mol. The van der Waals surface area contributed by atoms with E-state index in [2.05, 4.69) is 88.6 Å². The van der Waals surface area contributed by atoms with Gasteiger partial charge in [0.25, 0.3) is 0 Å². The molecule has 0 aliphatic heterocycles. The molecule has 4 aromatic heterocycles. The van der Waals surface area contributed by atoms with Crippen LogP contribution < -0.4 is 10.2 Å². The molecule has 2 aromatic carbocycles. The zero-order valence-electron chi connectivity index (χ0n) is 22.3. The van der Waals surface area contributed by atoms with Crippen LogP contribution in [0, 0.1) is 0 Å². The van der Waals surface area contributed by atoms with Crippen LogP contribution in [0.1, 0.15) is 50.6 Å². The van der Waals surface area contributed by atoms with Crippen molar-refractivity contribution >= 4 is 21.5 Å². The average Bonchev–Trinajstić information content (AvgIpc) is 3.61. The average molecular weight is 694 g/mol. The topological polar surface area (TPSA) is 79.8 Å². The van der Waals surface area contributed by atoms with Crippen molar-refractivity contribution in [3.8, 4) is 22.8 Å². The monoisotopic (exact) mass is 693 g/mol. The third-order valence-electron chi connectivity index (χ3n) is 7.08. The van der Waals surface area contributed by atoms with E-state index in [1.165, 1.54) is 29.2 Å². The van der Waals surface area contributed by atoms with Crippen LogP contribution in [0.3, 0.4) is 0 Å². The van der Waals surface area contributed by atoms with Gasteiger partial charge in [-0.2, -0.15) is 0 Å². The number of hydrogen-bond acceptors (Lipinski definition) is 4. The van der Waals surface area contributed by atoms with Crippen LogP contribution in [0.25, 0.3) is 44.3 Å². The second-order valence-electron chi connectivity index (χ2n) is 10.8. The van der Waals surface area contributed by atoms with Gasteiger partial charge in [-0.25, -0.2) is 0 Å². The van der Waals surface area contributed by atoms with Crippen LogP contribution in [-0.2, 0) is 39.3 Å². The minimum absolute atomic E-state index is 0. The quantitative estimate of drug-likeness (QED) is 0.201. The van der Waals surface area contributed by atoms with Gasteiger partial charge in [0, 0.05) is 34.6 Å². The van der Waals surface area contributed by atoms with Gasteiger partial charge in [0.15, 0.2) is 0 Å². The van der Waals surface area contributed by atoms with Crippen LogP contribution in [-0.4, -0.2) is 20.2 Å². The molecule has 1 aliphatic carbocycles. The number of aromatic nitrogens is 6. The minimum Gasteiger partial charge on any atom is -0.573 e. The summed E-state index contributed by atoms with van der Waals surface area (Å²) in [6.45, 7) is 6.44. The normalized spacial score (nSPS) is 12.9. The summed E-state index contributed by atoms with van der Waals surface area (Å²) >= 11 is 0. The molecule has 0 spiro atoms. The van der Waals surface area contributed by atoms with Crippen LogP contribution in [0.4, 0.5) is 0 Å². The maximum Gasteiger partial charge on any atom is 2.00 e. The Kier molecular flexibility index (Phi) is 7.76. The van der Waals surface area contributed by atoms with Crippen molar-refractivity contribution in [2.24, 2.45) is 0 Å². The maximum atomic E-state index is 5.01. The first-order valence-electron chi connectivity index (χ1n) is 13.2. The zero-order valence-corrected chi connectivity index (χ0v) is 24.6. The van der Waals surface area contributed by atoms with Crippen molar-refractivity contribution in [1.29, 1.82) is 0 Å². The van der Waals surface area contributed by atoms with E-state index in [4.69, 9.17) is 4.98 Å².